The Morgan fingerprint density at radius 1 is 0.729 bits per heavy atom. The van der Waals surface area contributed by atoms with Crippen molar-refractivity contribution in [3.05, 3.63) is 108 Å². The van der Waals surface area contributed by atoms with Crippen LogP contribution in [0.25, 0.3) is 21.9 Å². The van der Waals surface area contributed by atoms with Gasteiger partial charge in [0.2, 0.25) is 11.8 Å². The van der Waals surface area contributed by atoms with Crippen LogP contribution in [0.5, 0.6) is 0 Å². The minimum atomic E-state index is -0.604. The minimum absolute atomic E-state index is 0.0112. The molecule has 0 aromatic heterocycles. The third-order valence-corrected chi connectivity index (χ3v) is 11.6. The SMILES string of the molecule is CC(NC[C@H]1C(=O)N[C@@H](Cc2ccc3ccccc3c2)C(=O)N1Cc1ccc(-c2ccccc2)cc1)(C1CCCCC1)C1CCNCC1. The number of piperazine rings is 1. The average molecular weight is 643 g/mol. The molecule has 2 saturated heterocycles. The first-order valence-electron chi connectivity index (χ1n) is 18.2. The van der Waals surface area contributed by atoms with E-state index < -0.39 is 12.1 Å². The van der Waals surface area contributed by atoms with Crippen LogP contribution >= 0.6 is 0 Å². The molecule has 2 aliphatic heterocycles. The Morgan fingerprint density at radius 2 is 1.38 bits per heavy atom. The Balaban J connectivity index is 1.15. The van der Waals surface area contributed by atoms with Gasteiger partial charge in [0.25, 0.3) is 0 Å². The summed E-state index contributed by atoms with van der Waals surface area (Å²) in [7, 11) is 0. The monoisotopic (exact) mass is 642 g/mol. The molecule has 1 unspecified atom stereocenters. The zero-order valence-corrected chi connectivity index (χ0v) is 28.3. The van der Waals surface area contributed by atoms with Crippen LogP contribution in [0.2, 0.25) is 0 Å². The highest BCUT2D eigenvalue weighted by molar-refractivity contribution is 5.97. The van der Waals surface area contributed by atoms with Crippen molar-refractivity contribution >= 4 is 22.6 Å². The molecule has 2 amide bonds. The van der Waals surface area contributed by atoms with Gasteiger partial charge in [-0.25, -0.2) is 0 Å². The van der Waals surface area contributed by atoms with E-state index in [1.165, 1.54) is 37.5 Å². The van der Waals surface area contributed by atoms with E-state index in [-0.39, 0.29) is 17.4 Å². The smallest absolute Gasteiger partial charge is 0.246 e. The lowest BCUT2D eigenvalue weighted by Crippen LogP contribution is -2.68. The highest BCUT2D eigenvalue weighted by atomic mass is 16.2. The second-order valence-electron chi connectivity index (χ2n) is 14.5. The van der Waals surface area contributed by atoms with E-state index in [1.54, 1.807) is 0 Å². The Bertz CT molecular complexity index is 1670. The highest BCUT2D eigenvalue weighted by Crippen LogP contribution is 2.40. The van der Waals surface area contributed by atoms with E-state index in [0.717, 1.165) is 53.6 Å². The van der Waals surface area contributed by atoms with Crippen molar-refractivity contribution in [1.29, 1.82) is 0 Å². The molecule has 3 fully saturated rings. The van der Waals surface area contributed by atoms with E-state index in [2.05, 4.69) is 89.6 Å². The van der Waals surface area contributed by atoms with Crippen LogP contribution in [0.15, 0.2) is 97.1 Å². The van der Waals surface area contributed by atoms with Crippen molar-refractivity contribution in [2.45, 2.75) is 82.5 Å². The first-order valence-corrected chi connectivity index (χ1v) is 18.2. The molecule has 0 bridgehead atoms. The minimum Gasteiger partial charge on any atom is -0.342 e. The molecule has 1 aliphatic carbocycles. The lowest BCUT2D eigenvalue weighted by Gasteiger charge is -2.49. The van der Waals surface area contributed by atoms with E-state index in [9.17, 15) is 9.59 Å². The quantitative estimate of drug-likeness (QED) is 0.177. The van der Waals surface area contributed by atoms with Crippen LogP contribution in [0.3, 0.4) is 0 Å². The van der Waals surface area contributed by atoms with Gasteiger partial charge in [0.15, 0.2) is 0 Å². The Hall–Kier alpha value is -4.00. The summed E-state index contributed by atoms with van der Waals surface area (Å²) in [5.41, 5.74) is 4.30. The number of piperidine rings is 1. The summed E-state index contributed by atoms with van der Waals surface area (Å²) >= 11 is 0. The van der Waals surface area contributed by atoms with Crippen molar-refractivity contribution in [2.75, 3.05) is 19.6 Å². The van der Waals surface area contributed by atoms with Gasteiger partial charge in [-0.3, -0.25) is 9.59 Å². The number of amides is 2. The molecule has 4 aromatic rings. The Labute approximate surface area is 285 Å². The topological polar surface area (TPSA) is 73.5 Å². The molecule has 48 heavy (non-hydrogen) atoms. The predicted octanol–water partition coefficient (Wildman–Crippen LogP) is 6.87. The highest BCUT2D eigenvalue weighted by Gasteiger charge is 2.45. The second-order valence-corrected chi connectivity index (χ2v) is 14.5. The van der Waals surface area contributed by atoms with Gasteiger partial charge in [0.1, 0.15) is 12.1 Å². The normalized spacial score (nSPS) is 22.4. The summed E-state index contributed by atoms with van der Waals surface area (Å²) in [6.45, 7) is 5.35. The zero-order valence-electron chi connectivity index (χ0n) is 28.3. The molecule has 0 radical (unpaired) electrons. The summed E-state index contributed by atoms with van der Waals surface area (Å²) in [4.78, 5) is 30.4. The van der Waals surface area contributed by atoms with Gasteiger partial charge >= 0.3 is 0 Å². The van der Waals surface area contributed by atoms with Crippen molar-refractivity contribution in [3.8, 4) is 11.1 Å². The van der Waals surface area contributed by atoms with Gasteiger partial charge in [0.05, 0.1) is 0 Å². The number of carbonyl (C=O) groups is 2. The van der Waals surface area contributed by atoms with Crippen LogP contribution in [-0.4, -0.2) is 54.0 Å². The molecular weight excluding hydrogens is 592 g/mol. The fraction of sp³-hybridized carbons (Fsp3) is 0.429. The number of rotatable bonds is 10. The van der Waals surface area contributed by atoms with Gasteiger partial charge in [-0.15, -0.1) is 0 Å². The molecule has 7 rings (SSSR count). The summed E-state index contributed by atoms with van der Waals surface area (Å²) in [5.74, 6) is 1.05. The average Bonchev–Trinajstić information content (AvgIpc) is 3.14. The summed E-state index contributed by atoms with van der Waals surface area (Å²) in [5, 5.41) is 13.0. The fourth-order valence-corrected chi connectivity index (χ4v) is 8.65. The fourth-order valence-electron chi connectivity index (χ4n) is 8.65. The van der Waals surface area contributed by atoms with Crippen molar-refractivity contribution in [2.24, 2.45) is 11.8 Å². The molecule has 1 saturated carbocycles. The second kappa shape index (κ2) is 14.6. The molecule has 3 atom stereocenters. The number of carbonyl (C=O) groups excluding carboxylic acids is 2. The maximum absolute atomic E-state index is 14.4. The molecule has 0 spiro atoms. The largest absolute Gasteiger partial charge is 0.342 e. The molecule has 2 heterocycles. The molecule has 6 heteroatoms. The first kappa shape index (κ1) is 32.5. The van der Waals surface area contributed by atoms with E-state index in [1.807, 2.05) is 35.2 Å². The third-order valence-electron chi connectivity index (χ3n) is 11.6. The summed E-state index contributed by atoms with van der Waals surface area (Å²) in [6, 6.07) is 32.2. The molecular formula is C42H50N4O2. The van der Waals surface area contributed by atoms with Crippen LogP contribution in [0, 0.1) is 11.8 Å². The first-order chi connectivity index (χ1) is 23.5. The van der Waals surface area contributed by atoms with Gasteiger partial charge in [-0.2, -0.15) is 0 Å². The molecule has 6 nitrogen and oxygen atoms in total. The number of hydrogen-bond acceptors (Lipinski definition) is 4. The van der Waals surface area contributed by atoms with E-state index >= 15 is 0 Å². The molecule has 250 valence electrons. The van der Waals surface area contributed by atoms with Gasteiger partial charge in [-0.1, -0.05) is 116 Å². The van der Waals surface area contributed by atoms with Crippen molar-refractivity contribution in [1.82, 2.24) is 20.9 Å². The number of hydrogen-bond donors (Lipinski definition) is 3. The Kier molecular flexibility index (Phi) is 9.92. The van der Waals surface area contributed by atoms with E-state index in [4.69, 9.17) is 0 Å². The van der Waals surface area contributed by atoms with Crippen LogP contribution in [-0.2, 0) is 22.6 Å². The summed E-state index contributed by atoms with van der Waals surface area (Å²) < 4.78 is 0. The predicted molar refractivity (Wildman–Crippen MR) is 194 cm³/mol. The summed E-state index contributed by atoms with van der Waals surface area (Å²) in [6.07, 6.45) is 9.07. The van der Waals surface area contributed by atoms with Gasteiger partial charge in [-0.05, 0) is 90.6 Å². The lowest BCUT2D eigenvalue weighted by atomic mass is 9.66. The van der Waals surface area contributed by atoms with Crippen LogP contribution < -0.4 is 16.0 Å². The maximum atomic E-state index is 14.4. The number of nitrogens with one attached hydrogen (secondary N) is 3. The van der Waals surface area contributed by atoms with Gasteiger partial charge in [0, 0.05) is 25.0 Å². The van der Waals surface area contributed by atoms with Crippen molar-refractivity contribution < 1.29 is 9.59 Å². The standard InChI is InChI=1S/C42H50N4O2/c1-42(36-14-6-3-7-15-36,37-22-24-43-25-23-37)44-28-39-40(47)45-38(27-31-18-21-33-12-8-9-13-35(33)26-31)41(48)46(39)29-30-16-19-34(20-17-30)32-10-4-2-5-11-32/h2,4-5,8-13,16-21,26,36-39,43-44H,3,6-7,14-15,22-25,27-29H2,1H3,(H,45,47)/t38-,39-,42?/m0/s1. The van der Waals surface area contributed by atoms with Crippen LogP contribution in [0.4, 0.5) is 0 Å². The molecule has 3 aliphatic rings. The van der Waals surface area contributed by atoms with E-state index in [0.29, 0.717) is 31.3 Å². The van der Waals surface area contributed by atoms with Crippen LogP contribution in [0.1, 0.15) is 63.0 Å². The third kappa shape index (κ3) is 7.06. The van der Waals surface area contributed by atoms with Crippen molar-refractivity contribution in [3.63, 3.8) is 0 Å². The maximum Gasteiger partial charge on any atom is 0.246 e. The number of nitrogens with zero attached hydrogens (tertiary/aromatic N) is 1. The number of benzene rings is 4. The Morgan fingerprint density at radius 3 is 2.12 bits per heavy atom. The number of fused-ring (bicyclic) bond motifs is 1. The lowest BCUT2D eigenvalue weighted by molar-refractivity contribution is -0.150. The molecule has 4 aromatic carbocycles. The molecule has 3 N–H and O–H groups in total. The zero-order chi connectivity index (χ0) is 32.9. The van der Waals surface area contributed by atoms with Gasteiger partial charge < -0.3 is 20.9 Å².